The fraction of sp³-hybridized carbons (Fsp3) is 0.292. The lowest BCUT2D eigenvalue weighted by Crippen LogP contribution is -2.30. The Kier molecular flexibility index (Phi) is 8.42. The number of aromatic carboxylic acids is 1. The van der Waals surface area contributed by atoms with Gasteiger partial charge in [0.25, 0.3) is 0 Å². The number of alkyl halides is 3. The molecule has 3 aromatic rings. The first kappa shape index (κ1) is 25.0. The van der Waals surface area contributed by atoms with Crippen molar-refractivity contribution >= 4 is 11.8 Å². The van der Waals surface area contributed by atoms with Gasteiger partial charge < -0.3 is 19.9 Å². The number of rotatable bonds is 5. The van der Waals surface area contributed by atoms with Gasteiger partial charge in [0, 0.05) is 6.61 Å². The highest BCUT2D eigenvalue weighted by Crippen LogP contribution is 2.27. The van der Waals surface area contributed by atoms with E-state index in [-0.39, 0.29) is 11.9 Å². The normalized spacial score (nSPS) is 15.6. The molecule has 1 aliphatic heterocycles. The van der Waals surface area contributed by atoms with E-state index in [0.717, 1.165) is 29.7 Å². The summed E-state index contributed by atoms with van der Waals surface area (Å²) in [7, 11) is 1.62. The molecule has 2 heterocycles. The minimum absolute atomic E-state index is 0.00142. The lowest BCUT2D eigenvalue weighted by Gasteiger charge is -2.23. The summed E-state index contributed by atoms with van der Waals surface area (Å²) in [5.74, 6) is 0.0255. The Balaban J connectivity index is 0.000000191. The first-order chi connectivity index (χ1) is 16.3. The number of anilines is 1. The Morgan fingerprint density at radius 1 is 1.09 bits per heavy atom. The number of carboxylic acid groups (broad SMARTS) is 1. The van der Waals surface area contributed by atoms with Gasteiger partial charge in [0.15, 0.2) is 5.69 Å². The number of nitrogens with one attached hydrogen (secondary N) is 1. The van der Waals surface area contributed by atoms with Gasteiger partial charge in [-0.05, 0) is 48.2 Å². The summed E-state index contributed by atoms with van der Waals surface area (Å²) in [6.07, 6.45) is -0.720. The second-order valence-corrected chi connectivity index (χ2v) is 7.46. The molecule has 2 N–H and O–H groups in total. The van der Waals surface area contributed by atoms with E-state index in [1.54, 1.807) is 31.4 Å². The van der Waals surface area contributed by atoms with E-state index in [4.69, 9.17) is 14.6 Å². The number of hydrogen-bond donors (Lipinski definition) is 2. The summed E-state index contributed by atoms with van der Waals surface area (Å²) in [5, 5.41) is 11.7. The van der Waals surface area contributed by atoms with E-state index in [9.17, 15) is 18.0 Å². The molecule has 0 aliphatic carbocycles. The third-order valence-electron chi connectivity index (χ3n) is 4.99. The van der Waals surface area contributed by atoms with Crippen molar-refractivity contribution in [2.45, 2.75) is 25.1 Å². The van der Waals surface area contributed by atoms with Crippen molar-refractivity contribution in [3.8, 4) is 16.9 Å². The average Bonchev–Trinajstić information content (AvgIpc) is 2.85. The molecule has 2 aromatic carbocycles. The highest BCUT2D eigenvalue weighted by atomic mass is 19.4. The standard InChI is InChI=1S/C14H12O3.C10H12F3N3O/c1-17-13-8-6-11(7-9-13)10-2-4-12(5-3-10)14(15)16;11-10(12,13)8-4-14-5-9(16-8)15-7-2-1-3-17-6-7/h2-9H,1H3,(H,15,16);4-5,7H,1-3,6H2,(H,15,16). The Bertz CT molecular complexity index is 1070. The molecule has 180 valence electrons. The number of ether oxygens (including phenoxy) is 2. The van der Waals surface area contributed by atoms with Gasteiger partial charge in [0.1, 0.15) is 11.6 Å². The molecule has 0 saturated carbocycles. The van der Waals surface area contributed by atoms with Crippen molar-refractivity contribution in [3.05, 3.63) is 72.2 Å². The van der Waals surface area contributed by atoms with E-state index in [1.165, 1.54) is 6.20 Å². The molecule has 0 bridgehead atoms. The lowest BCUT2D eigenvalue weighted by molar-refractivity contribution is -0.141. The predicted molar refractivity (Wildman–Crippen MR) is 120 cm³/mol. The van der Waals surface area contributed by atoms with Crippen LogP contribution in [0.1, 0.15) is 28.9 Å². The van der Waals surface area contributed by atoms with Crippen LogP contribution < -0.4 is 10.1 Å². The number of aromatic nitrogens is 2. The lowest BCUT2D eigenvalue weighted by atomic mass is 10.0. The molecule has 1 atom stereocenters. The zero-order valence-electron chi connectivity index (χ0n) is 18.4. The van der Waals surface area contributed by atoms with Crippen molar-refractivity contribution in [1.29, 1.82) is 0 Å². The molecular weight excluding hydrogens is 451 g/mol. The monoisotopic (exact) mass is 475 g/mol. The van der Waals surface area contributed by atoms with Crippen LogP contribution in [0.15, 0.2) is 60.9 Å². The summed E-state index contributed by atoms with van der Waals surface area (Å²) < 4.78 is 47.5. The number of carbonyl (C=O) groups is 1. The van der Waals surface area contributed by atoms with Crippen LogP contribution in [-0.2, 0) is 10.9 Å². The van der Waals surface area contributed by atoms with Crippen molar-refractivity contribution in [1.82, 2.24) is 9.97 Å². The second kappa shape index (κ2) is 11.5. The van der Waals surface area contributed by atoms with Crippen LogP contribution in [0.3, 0.4) is 0 Å². The maximum absolute atomic E-state index is 12.4. The smallest absolute Gasteiger partial charge is 0.434 e. The fourth-order valence-electron chi connectivity index (χ4n) is 3.22. The van der Waals surface area contributed by atoms with E-state index in [0.29, 0.717) is 25.0 Å². The topological polar surface area (TPSA) is 93.6 Å². The van der Waals surface area contributed by atoms with Gasteiger partial charge in [-0.25, -0.2) is 9.78 Å². The molecule has 1 saturated heterocycles. The van der Waals surface area contributed by atoms with Gasteiger partial charge in [-0.15, -0.1) is 0 Å². The summed E-state index contributed by atoms with van der Waals surface area (Å²) in [5.41, 5.74) is 1.32. The highest BCUT2D eigenvalue weighted by molar-refractivity contribution is 5.88. The van der Waals surface area contributed by atoms with Gasteiger partial charge in [-0.2, -0.15) is 13.2 Å². The zero-order valence-corrected chi connectivity index (χ0v) is 18.4. The SMILES string of the molecule is COc1ccc(-c2ccc(C(=O)O)cc2)cc1.FC(F)(F)c1cncc(NC2CCCOC2)n1. The van der Waals surface area contributed by atoms with E-state index >= 15 is 0 Å². The van der Waals surface area contributed by atoms with Crippen LogP contribution >= 0.6 is 0 Å². The van der Waals surface area contributed by atoms with Crippen molar-refractivity contribution < 1.29 is 32.5 Å². The minimum atomic E-state index is -4.46. The number of carboxylic acids is 1. The molecule has 1 unspecified atom stereocenters. The molecular formula is C24H24F3N3O4. The molecule has 0 radical (unpaired) electrons. The summed E-state index contributed by atoms with van der Waals surface area (Å²) >= 11 is 0. The second-order valence-electron chi connectivity index (χ2n) is 7.46. The Morgan fingerprint density at radius 3 is 2.26 bits per heavy atom. The van der Waals surface area contributed by atoms with Gasteiger partial charge in [0.05, 0.1) is 37.7 Å². The third-order valence-corrected chi connectivity index (χ3v) is 4.99. The quantitative estimate of drug-likeness (QED) is 0.527. The Labute approximate surface area is 194 Å². The van der Waals surface area contributed by atoms with Crippen LogP contribution in [0.2, 0.25) is 0 Å². The fourth-order valence-corrected chi connectivity index (χ4v) is 3.22. The maximum atomic E-state index is 12.4. The molecule has 1 fully saturated rings. The van der Waals surface area contributed by atoms with Crippen molar-refractivity contribution in [2.75, 3.05) is 25.6 Å². The van der Waals surface area contributed by atoms with E-state index in [2.05, 4.69) is 15.3 Å². The van der Waals surface area contributed by atoms with Gasteiger partial charge in [-0.1, -0.05) is 24.3 Å². The molecule has 1 aromatic heterocycles. The van der Waals surface area contributed by atoms with Crippen LogP contribution in [0.25, 0.3) is 11.1 Å². The number of methoxy groups -OCH3 is 1. The van der Waals surface area contributed by atoms with Gasteiger partial charge in [-0.3, -0.25) is 4.98 Å². The Hall–Kier alpha value is -3.66. The molecule has 7 nitrogen and oxygen atoms in total. The van der Waals surface area contributed by atoms with Crippen molar-refractivity contribution in [3.63, 3.8) is 0 Å². The molecule has 4 rings (SSSR count). The number of halogens is 3. The van der Waals surface area contributed by atoms with Crippen LogP contribution in [0.4, 0.5) is 19.0 Å². The minimum Gasteiger partial charge on any atom is -0.497 e. The number of nitrogens with zero attached hydrogens (tertiary/aromatic N) is 2. The van der Waals surface area contributed by atoms with E-state index in [1.807, 2.05) is 24.3 Å². The average molecular weight is 475 g/mol. The number of hydrogen-bond acceptors (Lipinski definition) is 6. The molecule has 1 aliphatic rings. The molecule has 0 amide bonds. The first-order valence-electron chi connectivity index (χ1n) is 10.5. The van der Waals surface area contributed by atoms with Crippen molar-refractivity contribution in [2.24, 2.45) is 0 Å². The van der Waals surface area contributed by atoms with Gasteiger partial charge in [0.2, 0.25) is 0 Å². The molecule has 0 spiro atoms. The predicted octanol–water partition coefficient (Wildman–Crippen LogP) is 5.15. The first-order valence-corrected chi connectivity index (χ1v) is 10.5. The summed E-state index contributed by atoms with van der Waals surface area (Å²) in [6.45, 7) is 1.18. The largest absolute Gasteiger partial charge is 0.497 e. The maximum Gasteiger partial charge on any atom is 0.434 e. The summed E-state index contributed by atoms with van der Waals surface area (Å²) in [6, 6.07) is 14.4. The number of benzene rings is 2. The summed E-state index contributed by atoms with van der Waals surface area (Å²) in [4.78, 5) is 17.7. The van der Waals surface area contributed by atoms with Crippen LogP contribution in [-0.4, -0.2) is 47.4 Å². The Morgan fingerprint density at radius 2 is 1.74 bits per heavy atom. The zero-order chi connectivity index (χ0) is 24.6. The molecule has 34 heavy (non-hydrogen) atoms. The van der Waals surface area contributed by atoms with Crippen LogP contribution in [0, 0.1) is 0 Å². The van der Waals surface area contributed by atoms with Crippen LogP contribution in [0.5, 0.6) is 5.75 Å². The highest BCUT2D eigenvalue weighted by Gasteiger charge is 2.33. The van der Waals surface area contributed by atoms with Gasteiger partial charge >= 0.3 is 12.1 Å². The van der Waals surface area contributed by atoms with E-state index < -0.39 is 17.8 Å². The third kappa shape index (κ3) is 7.17. The molecule has 10 heteroatoms.